The van der Waals surface area contributed by atoms with E-state index in [2.05, 4.69) is 5.32 Å². The van der Waals surface area contributed by atoms with Gasteiger partial charge in [0.1, 0.15) is 0 Å². The van der Waals surface area contributed by atoms with Gasteiger partial charge in [-0.1, -0.05) is 12.1 Å². The van der Waals surface area contributed by atoms with Crippen LogP contribution in [0.3, 0.4) is 0 Å². The Labute approximate surface area is 158 Å². The standard InChI is InChI=1S/C19H22N2O5S/c1-13(2)26-17-9-7-14(11-18(17)25-3)8-10-19(22)21-15-5-4-6-16(12-15)27(20,23)24/h4-13H,1-3H3,(H,21,22)(H2,20,23,24). The minimum absolute atomic E-state index is 0.0131. The monoisotopic (exact) mass is 390 g/mol. The molecule has 0 radical (unpaired) electrons. The second kappa shape index (κ2) is 8.70. The van der Waals surface area contributed by atoms with Crippen molar-refractivity contribution in [2.45, 2.75) is 24.8 Å². The van der Waals surface area contributed by atoms with Gasteiger partial charge in [-0.05, 0) is 55.8 Å². The van der Waals surface area contributed by atoms with Gasteiger partial charge in [-0.15, -0.1) is 0 Å². The molecule has 0 aliphatic carbocycles. The predicted molar refractivity (Wildman–Crippen MR) is 104 cm³/mol. The van der Waals surface area contributed by atoms with E-state index in [1.165, 1.54) is 24.3 Å². The van der Waals surface area contributed by atoms with E-state index in [0.717, 1.165) is 5.56 Å². The summed E-state index contributed by atoms with van der Waals surface area (Å²) in [5.41, 5.74) is 1.07. The average molecular weight is 390 g/mol. The summed E-state index contributed by atoms with van der Waals surface area (Å²) < 4.78 is 33.7. The van der Waals surface area contributed by atoms with E-state index in [0.29, 0.717) is 17.2 Å². The summed E-state index contributed by atoms with van der Waals surface area (Å²) in [7, 11) is -2.29. The maximum atomic E-state index is 12.1. The molecule has 0 fully saturated rings. The molecule has 0 atom stereocenters. The van der Waals surface area contributed by atoms with E-state index in [4.69, 9.17) is 14.6 Å². The lowest BCUT2D eigenvalue weighted by atomic mass is 10.2. The fraction of sp³-hybridized carbons (Fsp3) is 0.211. The van der Waals surface area contributed by atoms with Crippen molar-refractivity contribution in [3.63, 3.8) is 0 Å². The number of nitrogens with one attached hydrogen (secondary N) is 1. The van der Waals surface area contributed by atoms with Crippen molar-refractivity contribution in [2.75, 3.05) is 12.4 Å². The number of nitrogens with two attached hydrogens (primary N) is 1. The number of carbonyl (C=O) groups is 1. The highest BCUT2D eigenvalue weighted by Gasteiger charge is 2.09. The van der Waals surface area contributed by atoms with Crippen LogP contribution in [0.2, 0.25) is 0 Å². The van der Waals surface area contributed by atoms with Gasteiger partial charge in [0.25, 0.3) is 0 Å². The van der Waals surface area contributed by atoms with Crippen molar-refractivity contribution < 1.29 is 22.7 Å². The molecular weight excluding hydrogens is 368 g/mol. The molecule has 3 N–H and O–H groups in total. The van der Waals surface area contributed by atoms with E-state index in [-0.39, 0.29) is 11.0 Å². The van der Waals surface area contributed by atoms with Crippen LogP contribution in [0.5, 0.6) is 11.5 Å². The zero-order valence-electron chi connectivity index (χ0n) is 15.3. The molecule has 2 aromatic carbocycles. The van der Waals surface area contributed by atoms with E-state index in [1.807, 2.05) is 13.8 Å². The minimum Gasteiger partial charge on any atom is -0.493 e. The average Bonchev–Trinajstić information content (AvgIpc) is 2.60. The minimum atomic E-state index is -3.83. The van der Waals surface area contributed by atoms with Gasteiger partial charge in [0.05, 0.1) is 18.1 Å². The van der Waals surface area contributed by atoms with E-state index in [1.54, 1.807) is 37.5 Å². The molecule has 0 aliphatic rings. The molecule has 144 valence electrons. The number of amides is 1. The molecule has 0 heterocycles. The quantitative estimate of drug-likeness (QED) is 0.707. The normalized spacial score (nSPS) is 11.6. The number of ether oxygens (including phenoxy) is 2. The van der Waals surface area contributed by atoms with Crippen LogP contribution in [0.25, 0.3) is 6.08 Å². The molecule has 8 heteroatoms. The van der Waals surface area contributed by atoms with Crippen molar-refractivity contribution in [3.8, 4) is 11.5 Å². The van der Waals surface area contributed by atoms with Crippen LogP contribution in [-0.4, -0.2) is 27.5 Å². The van der Waals surface area contributed by atoms with Gasteiger partial charge < -0.3 is 14.8 Å². The Balaban J connectivity index is 2.11. The van der Waals surface area contributed by atoms with Crippen LogP contribution >= 0.6 is 0 Å². The number of sulfonamides is 1. The zero-order valence-corrected chi connectivity index (χ0v) is 16.1. The lowest BCUT2D eigenvalue weighted by Gasteiger charge is -2.13. The number of methoxy groups -OCH3 is 1. The predicted octanol–water partition coefficient (Wildman–Crippen LogP) is 2.78. The molecule has 2 aromatic rings. The molecule has 27 heavy (non-hydrogen) atoms. The smallest absolute Gasteiger partial charge is 0.248 e. The lowest BCUT2D eigenvalue weighted by Crippen LogP contribution is -2.13. The van der Waals surface area contributed by atoms with Crippen LogP contribution in [0, 0.1) is 0 Å². The van der Waals surface area contributed by atoms with Gasteiger partial charge in [0, 0.05) is 11.8 Å². The Kier molecular flexibility index (Phi) is 6.59. The van der Waals surface area contributed by atoms with Gasteiger partial charge in [0.15, 0.2) is 11.5 Å². The third-order valence-electron chi connectivity index (χ3n) is 3.41. The van der Waals surface area contributed by atoms with Crippen molar-refractivity contribution >= 4 is 27.7 Å². The Hall–Kier alpha value is -2.84. The number of hydrogen-bond acceptors (Lipinski definition) is 5. The third kappa shape index (κ3) is 6.12. The van der Waals surface area contributed by atoms with E-state index >= 15 is 0 Å². The first-order valence-corrected chi connectivity index (χ1v) is 9.70. The van der Waals surface area contributed by atoms with Gasteiger partial charge in [-0.3, -0.25) is 4.79 Å². The van der Waals surface area contributed by atoms with Crippen LogP contribution in [-0.2, 0) is 14.8 Å². The summed E-state index contributed by atoms with van der Waals surface area (Å²) in [6.45, 7) is 3.84. The first-order valence-electron chi connectivity index (χ1n) is 8.15. The van der Waals surface area contributed by atoms with Crippen molar-refractivity contribution in [3.05, 3.63) is 54.1 Å². The van der Waals surface area contributed by atoms with Crippen LogP contribution in [0.4, 0.5) is 5.69 Å². The summed E-state index contributed by atoms with van der Waals surface area (Å²) in [5.74, 6) is 0.768. The topological polar surface area (TPSA) is 108 Å². The van der Waals surface area contributed by atoms with Crippen LogP contribution in [0.15, 0.2) is 53.4 Å². The molecule has 0 unspecified atom stereocenters. The lowest BCUT2D eigenvalue weighted by molar-refractivity contribution is -0.111. The Morgan fingerprint density at radius 1 is 1.15 bits per heavy atom. The highest BCUT2D eigenvalue weighted by atomic mass is 32.2. The fourth-order valence-corrected chi connectivity index (χ4v) is 2.81. The molecule has 0 aromatic heterocycles. The molecule has 0 bridgehead atoms. The molecule has 2 rings (SSSR count). The third-order valence-corrected chi connectivity index (χ3v) is 4.32. The number of primary sulfonamides is 1. The molecular formula is C19H22N2O5S. The molecule has 1 amide bonds. The number of rotatable bonds is 7. The molecule has 7 nitrogen and oxygen atoms in total. The number of carbonyl (C=O) groups excluding carboxylic acids is 1. The summed E-state index contributed by atoms with van der Waals surface area (Å²) in [6, 6.07) is 11.0. The largest absolute Gasteiger partial charge is 0.493 e. The number of benzene rings is 2. The van der Waals surface area contributed by atoms with E-state index < -0.39 is 15.9 Å². The first-order chi connectivity index (χ1) is 12.7. The van der Waals surface area contributed by atoms with Crippen molar-refractivity contribution in [1.82, 2.24) is 0 Å². The van der Waals surface area contributed by atoms with Gasteiger partial charge in [-0.2, -0.15) is 0 Å². The summed E-state index contributed by atoms with van der Waals surface area (Å²) in [4.78, 5) is 12.0. The van der Waals surface area contributed by atoms with Crippen LogP contribution in [0.1, 0.15) is 19.4 Å². The summed E-state index contributed by atoms with van der Waals surface area (Å²) >= 11 is 0. The van der Waals surface area contributed by atoms with Gasteiger partial charge >= 0.3 is 0 Å². The number of anilines is 1. The van der Waals surface area contributed by atoms with Gasteiger partial charge in [-0.25, -0.2) is 13.6 Å². The van der Waals surface area contributed by atoms with Gasteiger partial charge in [0.2, 0.25) is 15.9 Å². The molecule has 0 aliphatic heterocycles. The van der Waals surface area contributed by atoms with E-state index in [9.17, 15) is 13.2 Å². The highest BCUT2D eigenvalue weighted by molar-refractivity contribution is 7.89. The van der Waals surface area contributed by atoms with Crippen molar-refractivity contribution in [2.24, 2.45) is 5.14 Å². The van der Waals surface area contributed by atoms with Crippen molar-refractivity contribution in [1.29, 1.82) is 0 Å². The SMILES string of the molecule is COc1cc(C=CC(=O)Nc2cccc(S(N)(=O)=O)c2)ccc1OC(C)C. The Bertz CT molecular complexity index is 952. The number of hydrogen-bond donors (Lipinski definition) is 2. The van der Waals surface area contributed by atoms with Crippen LogP contribution < -0.4 is 19.9 Å². The Morgan fingerprint density at radius 2 is 1.89 bits per heavy atom. The maximum Gasteiger partial charge on any atom is 0.248 e. The summed E-state index contributed by atoms with van der Waals surface area (Å²) in [5, 5.41) is 7.67. The molecule has 0 saturated carbocycles. The highest BCUT2D eigenvalue weighted by Crippen LogP contribution is 2.29. The molecule has 0 saturated heterocycles. The summed E-state index contributed by atoms with van der Waals surface area (Å²) in [6.07, 6.45) is 2.96. The fourth-order valence-electron chi connectivity index (χ4n) is 2.25. The second-order valence-electron chi connectivity index (χ2n) is 5.97. The first kappa shape index (κ1) is 20.5. The Morgan fingerprint density at radius 3 is 2.52 bits per heavy atom. The molecule has 0 spiro atoms. The second-order valence-corrected chi connectivity index (χ2v) is 7.53. The zero-order chi connectivity index (χ0) is 20.0. The maximum absolute atomic E-state index is 12.1.